The molecule has 21 heavy (non-hydrogen) atoms. The van der Waals surface area contributed by atoms with Crippen molar-refractivity contribution in [2.24, 2.45) is 22.7 Å². The molecule has 0 amide bonds. The Labute approximate surface area is 124 Å². The first-order chi connectivity index (χ1) is 9.47. The molecular formula is C15H23NO5. The van der Waals surface area contributed by atoms with Crippen LogP contribution in [-0.2, 0) is 19.2 Å². The van der Waals surface area contributed by atoms with Gasteiger partial charge in [0.1, 0.15) is 5.92 Å². The third-order valence-corrected chi connectivity index (χ3v) is 4.20. The SMILES string of the molecule is CC(CNO)CC(=O)C1C(=O)C(C)(C)C(=O)C(C)(C)C1=O. The normalized spacial score (nSPS) is 23.2. The van der Waals surface area contributed by atoms with Crippen LogP contribution >= 0.6 is 0 Å². The summed E-state index contributed by atoms with van der Waals surface area (Å²) in [4.78, 5) is 49.4. The van der Waals surface area contributed by atoms with Crippen molar-refractivity contribution >= 4 is 23.1 Å². The zero-order valence-corrected chi connectivity index (χ0v) is 13.1. The molecule has 0 aromatic heterocycles. The van der Waals surface area contributed by atoms with Crippen molar-refractivity contribution in [2.45, 2.75) is 41.0 Å². The molecule has 0 heterocycles. The molecular weight excluding hydrogens is 274 g/mol. The zero-order valence-electron chi connectivity index (χ0n) is 13.1. The van der Waals surface area contributed by atoms with Crippen LogP contribution in [0.5, 0.6) is 0 Å². The number of hydrogen-bond donors (Lipinski definition) is 2. The van der Waals surface area contributed by atoms with Gasteiger partial charge in [-0.2, -0.15) is 0 Å². The van der Waals surface area contributed by atoms with E-state index in [1.165, 1.54) is 27.7 Å². The molecule has 1 atom stereocenters. The average molecular weight is 297 g/mol. The fourth-order valence-electron chi connectivity index (χ4n) is 2.83. The summed E-state index contributed by atoms with van der Waals surface area (Å²) in [6, 6.07) is 0. The van der Waals surface area contributed by atoms with Gasteiger partial charge in [-0.05, 0) is 33.6 Å². The van der Waals surface area contributed by atoms with Gasteiger partial charge < -0.3 is 5.21 Å². The molecule has 2 N–H and O–H groups in total. The van der Waals surface area contributed by atoms with Gasteiger partial charge in [0.25, 0.3) is 0 Å². The first-order valence-corrected chi connectivity index (χ1v) is 7.01. The Morgan fingerprint density at radius 1 is 1.14 bits per heavy atom. The van der Waals surface area contributed by atoms with Crippen LogP contribution in [0.2, 0.25) is 0 Å². The van der Waals surface area contributed by atoms with Crippen LogP contribution in [0, 0.1) is 22.7 Å². The first-order valence-electron chi connectivity index (χ1n) is 7.01. The van der Waals surface area contributed by atoms with Crippen LogP contribution in [-0.4, -0.2) is 34.9 Å². The average Bonchev–Trinajstić information content (AvgIpc) is 2.36. The van der Waals surface area contributed by atoms with E-state index in [4.69, 9.17) is 5.21 Å². The maximum Gasteiger partial charge on any atom is 0.163 e. The molecule has 1 unspecified atom stereocenters. The lowest BCUT2D eigenvalue weighted by molar-refractivity contribution is -0.161. The molecule has 0 bridgehead atoms. The van der Waals surface area contributed by atoms with Crippen molar-refractivity contribution < 1.29 is 24.4 Å². The van der Waals surface area contributed by atoms with Gasteiger partial charge in [-0.25, -0.2) is 5.48 Å². The van der Waals surface area contributed by atoms with E-state index in [-0.39, 0.29) is 18.9 Å². The van der Waals surface area contributed by atoms with Crippen LogP contribution in [0.25, 0.3) is 0 Å². The van der Waals surface area contributed by atoms with E-state index in [9.17, 15) is 19.2 Å². The topological polar surface area (TPSA) is 101 Å². The lowest BCUT2D eigenvalue weighted by Gasteiger charge is -2.40. The minimum atomic E-state index is -1.38. The van der Waals surface area contributed by atoms with Gasteiger partial charge in [-0.1, -0.05) is 6.92 Å². The molecule has 0 aliphatic heterocycles. The molecule has 118 valence electrons. The second-order valence-electron chi connectivity index (χ2n) is 6.88. The molecule has 6 heteroatoms. The van der Waals surface area contributed by atoms with E-state index in [2.05, 4.69) is 0 Å². The van der Waals surface area contributed by atoms with Gasteiger partial charge in [0, 0.05) is 13.0 Å². The summed E-state index contributed by atoms with van der Waals surface area (Å²) in [7, 11) is 0. The van der Waals surface area contributed by atoms with Crippen LogP contribution < -0.4 is 5.48 Å². The summed E-state index contributed by atoms with van der Waals surface area (Å²) in [6.45, 7) is 7.76. The van der Waals surface area contributed by atoms with Crippen LogP contribution in [0.3, 0.4) is 0 Å². The Bertz CT molecular complexity index is 462. The monoisotopic (exact) mass is 297 g/mol. The second kappa shape index (κ2) is 5.77. The third-order valence-electron chi connectivity index (χ3n) is 4.20. The van der Waals surface area contributed by atoms with Crippen molar-refractivity contribution in [2.75, 3.05) is 6.54 Å². The molecule has 0 aromatic rings. The Kier molecular flexibility index (Phi) is 4.85. The highest BCUT2D eigenvalue weighted by atomic mass is 16.5. The molecule has 0 aromatic carbocycles. The van der Waals surface area contributed by atoms with Crippen LogP contribution in [0.1, 0.15) is 41.0 Å². The van der Waals surface area contributed by atoms with E-state index >= 15 is 0 Å². The molecule has 1 rings (SSSR count). The van der Waals surface area contributed by atoms with Crippen molar-refractivity contribution in [1.82, 2.24) is 5.48 Å². The minimum absolute atomic E-state index is 0.00391. The van der Waals surface area contributed by atoms with Crippen molar-refractivity contribution in [1.29, 1.82) is 0 Å². The van der Waals surface area contributed by atoms with E-state index in [0.29, 0.717) is 0 Å². The number of hydrogen-bond acceptors (Lipinski definition) is 6. The number of rotatable bonds is 5. The van der Waals surface area contributed by atoms with Gasteiger partial charge in [-0.15, -0.1) is 0 Å². The highest BCUT2D eigenvalue weighted by Crippen LogP contribution is 2.41. The molecule has 1 saturated carbocycles. The van der Waals surface area contributed by atoms with Gasteiger partial charge in [0.15, 0.2) is 23.1 Å². The first kappa shape index (κ1) is 17.7. The number of ketones is 4. The summed E-state index contributed by atoms with van der Waals surface area (Å²) in [5.74, 6) is -3.77. The zero-order chi connectivity index (χ0) is 16.6. The highest BCUT2D eigenvalue weighted by Gasteiger charge is 2.59. The van der Waals surface area contributed by atoms with E-state index in [1.807, 2.05) is 5.48 Å². The van der Waals surface area contributed by atoms with Gasteiger partial charge in [0.05, 0.1) is 10.8 Å². The third kappa shape index (κ3) is 2.96. The Hall–Kier alpha value is -1.40. The van der Waals surface area contributed by atoms with Crippen molar-refractivity contribution in [3.63, 3.8) is 0 Å². The number of hydroxylamine groups is 1. The van der Waals surface area contributed by atoms with Crippen molar-refractivity contribution in [3.05, 3.63) is 0 Å². The number of Topliss-reactive ketones (excluding diaryl/α,β-unsaturated/α-hetero) is 4. The Morgan fingerprint density at radius 3 is 1.95 bits per heavy atom. The van der Waals surface area contributed by atoms with Crippen molar-refractivity contribution in [3.8, 4) is 0 Å². The highest BCUT2D eigenvalue weighted by molar-refractivity contribution is 6.35. The van der Waals surface area contributed by atoms with Gasteiger partial charge >= 0.3 is 0 Å². The number of carbonyl (C=O) groups excluding carboxylic acids is 4. The fourth-order valence-corrected chi connectivity index (χ4v) is 2.83. The molecule has 6 nitrogen and oxygen atoms in total. The summed E-state index contributed by atoms with van der Waals surface area (Å²) in [5.41, 5.74) is -0.713. The molecule has 0 spiro atoms. The molecule has 1 aliphatic carbocycles. The van der Waals surface area contributed by atoms with E-state index in [0.717, 1.165) is 0 Å². The van der Waals surface area contributed by atoms with Gasteiger partial charge in [0.2, 0.25) is 0 Å². The lowest BCUT2D eigenvalue weighted by atomic mass is 9.57. The predicted molar refractivity (Wildman–Crippen MR) is 74.7 cm³/mol. The quantitative estimate of drug-likeness (QED) is 0.579. The summed E-state index contributed by atoms with van der Waals surface area (Å²) < 4.78 is 0. The largest absolute Gasteiger partial charge is 0.317 e. The summed E-state index contributed by atoms with van der Waals surface area (Å²) in [5, 5.41) is 8.62. The number of nitrogens with one attached hydrogen (secondary N) is 1. The van der Waals surface area contributed by atoms with Crippen LogP contribution in [0.15, 0.2) is 0 Å². The second-order valence-corrected chi connectivity index (χ2v) is 6.88. The maximum absolute atomic E-state index is 12.4. The molecule has 1 aliphatic rings. The van der Waals surface area contributed by atoms with E-state index < -0.39 is 39.9 Å². The molecule has 0 radical (unpaired) electrons. The molecule has 1 fully saturated rings. The fraction of sp³-hybridized carbons (Fsp3) is 0.733. The van der Waals surface area contributed by atoms with Crippen LogP contribution in [0.4, 0.5) is 0 Å². The number of carbonyl (C=O) groups is 4. The Balaban J connectivity index is 3.11. The predicted octanol–water partition coefficient (Wildman–Crippen LogP) is 0.950. The standard InChI is InChI=1S/C15H23NO5/c1-8(7-16-21)6-9(17)10-11(18)14(2,3)13(20)15(4,5)12(10)19/h8,10,16,21H,6-7H2,1-5H3. The van der Waals surface area contributed by atoms with Gasteiger partial charge in [-0.3, -0.25) is 19.2 Å². The summed E-state index contributed by atoms with van der Waals surface area (Å²) in [6.07, 6.45) is -0.00391. The smallest absolute Gasteiger partial charge is 0.163 e. The minimum Gasteiger partial charge on any atom is -0.317 e. The molecule has 0 saturated heterocycles. The van der Waals surface area contributed by atoms with E-state index in [1.54, 1.807) is 6.92 Å². The maximum atomic E-state index is 12.4. The summed E-state index contributed by atoms with van der Waals surface area (Å²) >= 11 is 0. The lowest BCUT2D eigenvalue weighted by Crippen LogP contribution is -2.59. The Morgan fingerprint density at radius 2 is 1.57 bits per heavy atom.